The van der Waals surface area contributed by atoms with Crippen LogP contribution in [0.4, 0.5) is 0 Å². The van der Waals surface area contributed by atoms with Gasteiger partial charge in [0.15, 0.2) is 5.69 Å². The lowest BCUT2D eigenvalue weighted by Crippen LogP contribution is -2.04. The van der Waals surface area contributed by atoms with Crippen molar-refractivity contribution < 1.29 is 9.53 Å². The molecule has 7 heteroatoms. The molecule has 0 fully saturated rings. The van der Waals surface area contributed by atoms with Crippen molar-refractivity contribution in [3.05, 3.63) is 39.2 Å². The Balaban J connectivity index is 2.28. The third-order valence-corrected chi connectivity index (χ3v) is 3.86. The number of halogens is 2. The van der Waals surface area contributed by atoms with E-state index in [0.29, 0.717) is 22.5 Å². The quantitative estimate of drug-likeness (QED) is 0.489. The van der Waals surface area contributed by atoms with Gasteiger partial charge in [-0.2, -0.15) is 0 Å². The Morgan fingerprint density at radius 1 is 1.35 bits per heavy atom. The third-order valence-electron chi connectivity index (χ3n) is 2.80. The molecule has 0 aliphatic carbocycles. The lowest BCUT2D eigenvalue weighted by molar-refractivity contribution is 0.0520. The number of hydrogen-bond donors (Lipinski definition) is 0. The van der Waals surface area contributed by atoms with Gasteiger partial charge in [-0.05, 0) is 57.0 Å². The second-order valence-corrected chi connectivity index (χ2v) is 5.74. The van der Waals surface area contributed by atoms with Gasteiger partial charge < -0.3 is 4.74 Å². The van der Waals surface area contributed by atoms with Gasteiger partial charge in [0, 0.05) is 16.1 Å². The van der Waals surface area contributed by atoms with Crippen LogP contribution < -0.4 is 0 Å². The van der Waals surface area contributed by atoms with E-state index in [4.69, 9.17) is 4.74 Å². The lowest BCUT2D eigenvalue weighted by Gasteiger charge is -2.03. The molecule has 0 unspecified atom stereocenters. The number of rotatable bonds is 2. The van der Waals surface area contributed by atoms with Crippen LogP contribution in [-0.2, 0) is 4.74 Å². The van der Waals surface area contributed by atoms with Crippen LogP contribution in [0.2, 0.25) is 0 Å². The van der Waals surface area contributed by atoms with E-state index in [1.807, 2.05) is 18.2 Å². The zero-order valence-electron chi connectivity index (χ0n) is 10.4. The van der Waals surface area contributed by atoms with E-state index in [1.54, 1.807) is 17.5 Å². The number of hydrogen-bond acceptors (Lipinski definition) is 4. The Morgan fingerprint density at radius 2 is 2.15 bits per heavy atom. The summed E-state index contributed by atoms with van der Waals surface area (Å²) in [6.45, 7) is 2.08. The second-order valence-electron chi connectivity index (χ2n) is 4.07. The minimum atomic E-state index is -0.432. The van der Waals surface area contributed by atoms with Crippen LogP contribution >= 0.6 is 31.9 Å². The zero-order chi connectivity index (χ0) is 14.3. The molecule has 0 atom stereocenters. The average Bonchev–Trinajstić information content (AvgIpc) is 2.83. The monoisotopic (exact) mass is 397 g/mol. The molecule has 0 radical (unpaired) electrons. The molecule has 0 aromatic carbocycles. The first-order valence-electron chi connectivity index (χ1n) is 5.91. The number of fused-ring (bicyclic) bond motifs is 3. The highest BCUT2D eigenvalue weighted by Crippen LogP contribution is 2.26. The van der Waals surface area contributed by atoms with Crippen LogP contribution in [0.5, 0.6) is 0 Å². The maximum absolute atomic E-state index is 11.7. The zero-order valence-corrected chi connectivity index (χ0v) is 13.6. The molecule has 5 nitrogen and oxygen atoms in total. The fraction of sp³-hybridized carbons (Fsp3) is 0.154. The summed E-state index contributed by atoms with van der Waals surface area (Å²) in [5.74, 6) is -0.432. The molecule has 3 rings (SSSR count). The first kappa shape index (κ1) is 13.5. The summed E-state index contributed by atoms with van der Waals surface area (Å²) in [7, 11) is 0. The van der Waals surface area contributed by atoms with Crippen molar-refractivity contribution in [2.24, 2.45) is 0 Å². The fourth-order valence-electron chi connectivity index (χ4n) is 1.96. The van der Waals surface area contributed by atoms with Gasteiger partial charge in [-0.25, -0.2) is 14.8 Å². The summed E-state index contributed by atoms with van der Waals surface area (Å²) < 4.78 is 8.36. The van der Waals surface area contributed by atoms with Gasteiger partial charge in [0.25, 0.3) is 0 Å². The minimum absolute atomic E-state index is 0.275. The van der Waals surface area contributed by atoms with Gasteiger partial charge in [0.2, 0.25) is 0 Å². The summed E-state index contributed by atoms with van der Waals surface area (Å²) in [5, 5.41) is 0.938. The summed E-state index contributed by atoms with van der Waals surface area (Å²) in [4.78, 5) is 20.4. The Kier molecular flexibility index (Phi) is 3.47. The van der Waals surface area contributed by atoms with Crippen LogP contribution in [0, 0.1) is 0 Å². The summed E-state index contributed by atoms with van der Waals surface area (Å²) in [6, 6.07) is 5.62. The van der Waals surface area contributed by atoms with E-state index in [-0.39, 0.29) is 5.69 Å². The van der Waals surface area contributed by atoms with Gasteiger partial charge in [-0.15, -0.1) is 0 Å². The smallest absolute Gasteiger partial charge is 0.358 e. The predicted molar refractivity (Wildman–Crippen MR) is 81.8 cm³/mol. The van der Waals surface area contributed by atoms with Gasteiger partial charge in [0.05, 0.1) is 6.61 Å². The van der Waals surface area contributed by atoms with E-state index < -0.39 is 5.97 Å². The van der Waals surface area contributed by atoms with E-state index in [1.165, 1.54) is 0 Å². The minimum Gasteiger partial charge on any atom is -0.461 e. The third kappa shape index (κ3) is 2.20. The van der Waals surface area contributed by atoms with Crippen molar-refractivity contribution in [3.8, 4) is 0 Å². The number of ether oxygens (including phenoxy) is 1. The van der Waals surface area contributed by atoms with E-state index in [2.05, 4.69) is 41.8 Å². The fourth-order valence-corrected chi connectivity index (χ4v) is 3.19. The largest absolute Gasteiger partial charge is 0.461 e. The highest BCUT2D eigenvalue weighted by Gasteiger charge is 2.14. The molecule has 102 valence electrons. The van der Waals surface area contributed by atoms with Crippen LogP contribution in [-0.4, -0.2) is 26.9 Å². The molecule has 3 aromatic rings. The van der Waals surface area contributed by atoms with Gasteiger partial charge in [-0.1, -0.05) is 0 Å². The summed E-state index contributed by atoms with van der Waals surface area (Å²) in [6.07, 6.45) is 1.64. The lowest BCUT2D eigenvalue weighted by atomic mass is 10.3. The number of imidazole rings is 1. The van der Waals surface area contributed by atoms with Crippen molar-refractivity contribution >= 4 is 54.5 Å². The molecule has 0 bridgehead atoms. The SMILES string of the molecule is CCOC(=O)c1cn2c(ccc3c(Br)cc(Br)nc32)n1. The summed E-state index contributed by atoms with van der Waals surface area (Å²) in [5.41, 5.74) is 1.64. The van der Waals surface area contributed by atoms with Crippen LogP contribution in [0.15, 0.2) is 33.5 Å². The van der Waals surface area contributed by atoms with Crippen LogP contribution in [0.25, 0.3) is 16.7 Å². The average molecular weight is 399 g/mol. The molecule has 20 heavy (non-hydrogen) atoms. The number of carbonyl (C=O) groups excluding carboxylic acids is 1. The van der Waals surface area contributed by atoms with Gasteiger partial charge in [-0.3, -0.25) is 4.40 Å². The molecule has 0 spiro atoms. The molecule has 0 N–H and O–H groups in total. The normalized spacial score (nSPS) is 11.2. The van der Waals surface area contributed by atoms with E-state index in [0.717, 1.165) is 9.86 Å². The second kappa shape index (κ2) is 5.14. The van der Waals surface area contributed by atoms with Crippen molar-refractivity contribution in [2.75, 3.05) is 6.61 Å². The molecule has 0 amide bonds. The van der Waals surface area contributed by atoms with E-state index in [9.17, 15) is 4.79 Å². The maximum atomic E-state index is 11.7. The highest BCUT2D eigenvalue weighted by atomic mass is 79.9. The molecule has 3 aromatic heterocycles. The first-order valence-corrected chi connectivity index (χ1v) is 7.49. The standard InChI is InChI=1S/C13H9Br2N3O2/c1-2-20-13(19)9-6-18-11(16-9)4-3-7-8(14)5-10(15)17-12(7)18/h3-6H,2H2,1H3. The molecule has 0 aliphatic heterocycles. The first-order chi connectivity index (χ1) is 9.60. The Hall–Kier alpha value is -1.47. The number of pyridine rings is 2. The number of carbonyl (C=O) groups is 1. The molecular formula is C13H9Br2N3O2. The highest BCUT2D eigenvalue weighted by molar-refractivity contribution is 9.11. The molecule has 0 saturated heterocycles. The van der Waals surface area contributed by atoms with Crippen molar-refractivity contribution in [1.82, 2.24) is 14.4 Å². The predicted octanol–water partition coefficient (Wildman–Crippen LogP) is 3.58. The molecule has 0 saturated carbocycles. The van der Waals surface area contributed by atoms with Crippen molar-refractivity contribution in [1.29, 1.82) is 0 Å². The van der Waals surface area contributed by atoms with Gasteiger partial charge in [0.1, 0.15) is 15.9 Å². The number of esters is 1. The van der Waals surface area contributed by atoms with Crippen LogP contribution in [0.3, 0.4) is 0 Å². The Labute approximate surface area is 131 Å². The number of nitrogens with zero attached hydrogens (tertiary/aromatic N) is 3. The van der Waals surface area contributed by atoms with Crippen molar-refractivity contribution in [3.63, 3.8) is 0 Å². The number of aromatic nitrogens is 3. The molecule has 3 heterocycles. The Bertz CT molecular complexity index is 829. The van der Waals surface area contributed by atoms with E-state index >= 15 is 0 Å². The topological polar surface area (TPSA) is 56.5 Å². The van der Waals surface area contributed by atoms with Gasteiger partial charge >= 0.3 is 5.97 Å². The molecular weight excluding hydrogens is 390 g/mol. The van der Waals surface area contributed by atoms with Crippen LogP contribution in [0.1, 0.15) is 17.4 Å². The molecule has 0 aliphatic rings. The maximum Gasteiger partial charge on any atom is 0.358 e. The van der Waals surface area contributed by atoms with Crippen molar-refractivity contribution in [2.45, 2.75) is 6.92 Å². The Morgan fingerprint density at radius 3 is 2.90 bits per heavy atom. The summed E-state index contributed by atoms with van der Waals surface area (Å²) >= 11 is 6.86.